The van der Waals surface area contributed by atoms with Gasteiger partial charge < -0.3 is 4.74 Å². The van der Waals surface area contributed by atoms with Gasteiger partial charge in [0, 0.05) is 10.7 Å². The number of benzene rings is 1. The van der Waals surface area contributed by atoms with Crippen LogP contribution in [0.2, 0.25) is 0 Å². The number of hydrogen-bond donors (Lipinski definition) is 0. The Kier molecular flexibility index (Phi) is 6.34. The molecule has 20 heavy (non-hydrogen) atoms. The number of ether oxygens (including phenoxy) is 1. The van der Waals surface area contributed by atoms with Crippen molar-refractivity contribution in [1.82, 2.24) is 0 Å². The van der Waals surface area contributed by atoms with Crippen LogP contribution in [0, 0.1) is 0 Å². The van der Waals surface area contributed by atoms with Gasteiger partial charge in [0.2, 0.25) is 9.05 Å². The molecule has 0 unspecified atom stereocenters. The first-order chi connectivity index (χ1) is 9.18. The maximum atomic E-state index is 10.7. The Morgan fingerprint density at radius 1 is 1.05 bits per heavy atom. The van der Waals surface area contributed by atoms with Crippen molar-refractivity contribution in [2.24, 2.45) is 0 Å². The molecule has 0 aliphatic rings. The average Bonchev–Trinajstić information content (AvgIpc) is 2.32. The standard InChI is InChI=1S/C15H23ClO3S/c1-15(2,3)13-7-9-14(10-8-13)19-11-5-4-6-12-20(16,17)18/h7-10H,4-6,11-12H2,1-3H3. The van der Waals surface area contributed by atoms with Crippen molar-refractivity contribution in [3.05, 3.63) is 29.8 Å². The normalized spacial score (nSPS) is 12.4. The summed E-state index contributed by atoms with van der Waals surface area (Å²) >= 11 is 0. The van der Waals surface area contributed by atoms with Crippen LogP contribution in [-0.4, -0.2) is 20.8 Å². The van der Waals surface area contributed by atoms with E-state index in [1.165, 1.54) is 5.56 Å². The fourth-order valence-corrected chi connectivity index (χ4v) is 2.67. The highest BCUT2D eigenvalue weighted by molar-refractivity contribution is 8.13. The summed E-state index contributed by atoms with van der Waals surface area (Å²) in [4.78, 5) is 0. The lowest BCUT2D eigenvalue weighted by atomic mass is 9.87. The van der Waals surface area contributed by atoms with Gasteiger partial charge in [-0.25, -0.2) is 8.42 Å². The van der Waals surface area contributed by atoms with Crippen molar-refractivity contribution < 1.29 is 13.2 Å². The molecule has 0 saturated carbocycles. The van der Waals surface area contributed by atoms with Gasteiger partial charge in [-0.3, -0.25) is 0 Å². The quantitative estimate of drug-likeness (QED) is 0.561. The van der Waals surface area contributed by atoms with Crippen LogP contribution >= 0.6 is 10.7 Å². The van der Waals surface area contributed by atoms with E-state index in [4.69, 9.17) is 15.4 Å². The van der Waals surface area contributed by atoms with Crippen LogP contribution in [0.25, 0.3) is 0 Å². The molecule has 0 saturated heterocycles. The molecule has 0 aromatic heterocycles. The lowest BCUT2D eigenvalue weighted by Gasteiger charge is -2.19. The lowest BCUT2D eigenvalue weighted by Crippen LogP contribution is -2.10. The summed E-state index contributed by atoms with van der Waals surface area (Å²) in [7, 11) is 1.78. The van der Waals surface area contributed by atoms with Crippen LogP contribution in [0.15, 0.2) is 24.3 Å². The third-order valence-corrected chi connectivity index (χ3v) is 4.26. The van der Waals surface area contributed by atoms with Gasteiger partial charge in [-0.15, -0.1) is 0 Å². The van der Waals surface area contributed by atoms with Crippen LogP contribution in [-0.2, 0) is 14.5 Å². The SMILES string of the molecule is CC(C)(C)c1ccc(OCCCCCS(=O)(=O)Cl)cc1. The van der Waals surface area contributed by atoms with Crippen molar-refractivity contribution in [2.75, 3.05) is 12.4 Å². The van der Waals surface area contributed by atoms with E-state index in [0.29, 0.717) is 13.0 Å². The van der Waals surface area contributed by atoms with Gasteiger partial charge in [0.25, 0.3) is 0 Å². The van der Waals surface area contributed by atoms with Crippen LogP contribution in [0.1, 0.15) is 45.6 Å². The van der Waals surface area contributed by atoms with Crippen LogP contribution < -0.4 is 4.74 Å². The number of hydrogen-bond acceptors (Lipinski definition) is 3. The molecule has 3 nitrogen and oxygen atoms in total. The Morgan fingerprint density at radius 3 is 2.15 bits per heavy atom. The zero-order valence-electron chi connectivity index (χ0n) is 12.4. The van der Waals surface area contributed by atoms with E-state index in [2.05, 4.69) is 32.9 Å². The van der Waals surface area contributed by atoms with Crippen LogP contribution in [0.3, 0.4) is 0 Å². The van der Waals surface area contributed by atoms with E-state index in [1.807, 2.05) is 12.1 Å². The molecular formula is C15H23ClO3S. The molecule has 0 spiro atoms. The summed E-state index contributed by atoms with van der Waals surface area (Å²) in [6.45, 7) is 7.12. The topological polar surface area (TPSA) is 43.4 Å². The van der Waals surface area contributed by atoms with E-state index in [-0.39, 0.29) is 11.2 Å². The van der Waals surface area contributed by atoms with E-state index in [9.17, 15) is 8.42 Å². The second-order valence-electron chi connectivity index (χ2n) is 5.93. The largest absolute Gasteiger partial charge is 0.494 e. The average molecular weight is 319 g/mol. The monoisotopic (exact) mass is 318 g/mol. The van der Waals surface area contributed by atoms with Crippen molar-refractivity contribution >= 4 is 19.7 Å². The Hall–Kier alpha value is -0.740. The molecule has 0 atom stereocenters. The van der Waals surface area contributed by atoms with Crippen molar-refractivity contribution in [1.29, 1.82) is 0 Å². The molecule has 0 N–H and O–H groups in total. The summed E-state index contributed by atoms with van der Waals surface area (Å²) in [6, 6.07) is 8.11. The molecule has 0 heterocycles. The predicted octanol–water partition coefficient (Wildman–Crippen LogP) is 4.10. The van der Waals surface area contributed by atoms with Gasteiger partial charge in [-0.1, -0.05) is 32.9 Å². The Labute approximate surface area is 126 Å². The number of unbranched alkanes of at least 4 members (excludes halogenated alkanes) is 2. The van der Waals surface area contributed by atoms with Gasteiger partial charge in [-0.05, 0) is 42.4 Å². The molecule has 1 rings (SSSR count). The molecule has 1 aromatic rings. The smallest absolute Gasteiger partial charge is 0.232 e. The van der Waals surface area contributed by atoms with E-state index >= 15 is 0 Å². The van der Waals surface area contributed by atoms with Crippen LogP contribution in [0.5, 0.6) is 5.75 Å². The summed E-state index contributed by atoms with van der Waals surface area (Å²) in [5.74, 6) is 0.887. The highest BCUT2D eigenvalue weighted by atomic mass is 35.7. The predicted molar refractivity (Wildman–Crippen MR) is 84.1 cm³/mol. The number of halogens is 1. The Bertz CT molecular complexity index is 501. The first kappa shape index (κ1) is 17.3. The fraction of sp³-hybridized carbons (Fsp3) is 0.600. The summed E-state index contributed by atoms with van der Waals surface area (Å²) in [5, 5.41) is 0. The molecule has 0 radical (unpaired) electrons. The third-order valence-electron chi connectivity index (χ3n) is 3.02. The van der Waals surface area contributed by atoms with Gasteiger partial charge in [0.1, 0.15) is 5.75 Å². The highest BCUT2D eigenvalue weighted by Crippen LogP contribution is 2.24. The first-order valence-electron chi connectivity index (χ1n) is 6.84. The molecular weight excluding hydrogens is 296 g/mol. The second-order valence-corrected chi connectivity index (χ2v) is 8.82. The Balaban J connectivity index is 2.26. The molecule has 0 bridgehead atoms. The van der Waals surface area contributed by atoms with Crippen molar-refractivity contribution in [3.8, 4) is 5.75 Å². The summed E-state index contributed by atoms with van der Waals surface area (Å²) in [5.41, 5.74) is 1.42. The molecule has 0 fully saturated rings. The first-order valence-corrected chi connectivity index (χ1v) is 9.32. The fourth-order valence-electron chi connectivity index (χ4n) is 1.79. The molecule has 0 aliphatic heterocycles. The highest BCUT2D eigenvalue weighted by Gasteiger charge is 2.12. The van der Waals surface area contributed by atoms with Gasteiger partial charge in [-0.2, -0.15) is 0 Å². The molecule has 114 valence electrons. The van der Waals surface area contributed by atoms with Gasteiger partial charge in [0.15, 0.2) is 0 Å². The lowest BCUT2D eigenvalue weighted by molar-refractivity contribution is 0.306. The zero-order valence-corrected chi connectivity index (χ0v) is 13.9. The molecule has 0 aliphatic carbocycles. The van der Waals surface area contributed by atoms with Crippen LogP contribution in [0.4, 0.5) is 0 Å². The van der Waals surface area contributed by atoms with E-state index in [0.717, 1.165) is 18.6 Å². The Morgan fingerprint density at radius 2 is 1.65 bits per heavy atom. The minimum Gasteiger partial charge on any atom is -0.494 e. The molecule has 0 amide bonds. The van der Waals surface area contributed by atoms with Crippen molar-refractivity contribution in [2.45, 2.75) is 45.4 Å². The van der Waals surface area contributed by atoms with Crippen molar-refractivity contribution in [3.63, 3.8) is 0 Å². The third kappa shape index (κ3) is 7.15. The maximum absolute atomic E-state index is 10.7. The van der Waals surface area contributed by atoms with Gasteiger partial charge >= 0.3 is 0 Å². The minimum atomic E-state index is -3.35. The van der Waals surface area contributed by atoms with Gasteiger partial charge in [0.05, 0.1) is 12.4 Å². The molecule has 1 aromatic carbocycles. The summed E-state index contributed by atoms with van der Waals surface area (Å²) < 4.78 is 27.1. The van der Waals surface area contributed by atoms with E-state index < -0.39 is 9.05 Å². The minimum absolute atomic E-state index is 0.0365. The second kappa shape index (κ2) is 7.32. The zero-order chi connectivity index (χ0) is 15.2. The molecule has 5 heteroatoms. The number of rotatable bonds is 7. The maximum Gasteiger partial charge on any atom is 0.232 e. The van der Waals surface area contributed by atoms with E-state index in [1.54, 1.807) is 0 Å². The summed E-state index contributed by atoms with van der Waals surface area (Å²) in [6.07, 6.45) is 2.21.